The number of hydrogen-bond acceptors (Lipinski definition) is 4. The van der Waals surface area contributed by atoms with Crippen LogP contribution in [0.25, 0.3) is 76.9 Å². The molecule has 212 valence electrons. The Morgan fingerprint density at radius 2 is 0.889 bits per heavy atom. The number of rotatable bonds is 6. The number of aromatic nitrogens is 3. The standard InChI is InChI=1S/C41H27N3S/c1-4-12-28(13-5-1)29-20-22-31(23-21-29)40-42-37(30-14-6-2-7-15-30)27-38(43-40)35-19-11-10-18-34(35)33-24-25-36-39(26-33)45-41(44-36)32-16-8-3-9-17-32/h1-27H. The third-order valence-electron chi connectivity index (χ3n) is 7.97. The van der Waals surface area contributed by atoms with E-state index >= 15 is 0 Å². The van der Waals surface area contributed by atoms with Crippen molar-refractivity contribution in [2.24, 2.45) is 0 Å². The molecule has 0 aliphatic carbocycles. The quantitative estimate of drug-likeness (QED) is 0.192. The zero-order valence-corrected chi connectivity index (χ0v) is 25.2. The fourth-order valence-corrected chi connectivity index (χ4v) is 6.68. The topological polar surface area (TPSA) is 38.7 Å². The zero-order chi connectivity index (χ0) is 30.0. The molecule has 3 nitrogen and oxygen atoms in total. The summed E-state index contributed by atoms with van der Waals surface area (Å²) in [6.45, 7) is 0. The van der Waals surface area contributed by atoms with E-state index in [2.05, 4.69) is 133 Å². The summed E-state index contributed by atoms with van der Waals surface area (Å²) in [6, 6.07) is 56.8. The fraction of sp³-hybridized carbons (Fsp3) is 0. The van der Waals surface area contributed by atoms with Gasteiger partial charge in [-0.05, 0) is 40.5 Å². The Labute approximate surface area is 266 Å². The van der Waals surface area contributed by atoms with Crippen molar-refractivity contribution in [1.29, 1.82) is 0 Å². The second kappa shape index (κ2) is 11.8. The van der Waals surface area contributed by atoms with Gasteiger partial charge in [-0.3, -0.25) is 0 Å². The monoisotopic (exact) mass is 593 g/mol. The van der Waals surface area contributed by atoms with Gasteiger partial charge in [-0.1, -0.05) is 146 Å². The highest BCUT2D eigenvalue weighted by molar-refractivity contribution is 7.21. The minimum atomic E-state index is 0.700. The maximum Gasteiger partial charge on any atom is 0.160 e. The molecule has 45 heavy (non-hydrogen) atoms. The molecular formula is C41H27N3S. The second-order valence-electron chi connectivity index (χ2n) is 10.9. The van der Waals surface area contributed by atoms with Crippen molar-refractivity contribution in [1.82, 2.24) is 15.0 Å². The molecule has 0 saturated carbocycles. The van der Waals surface area contributed by atoms with Crippen LogP contribution in [0.1, 0.15) is 0 Å². The van der Waals surface area contributed by atoms with Crippen molar-refractivity contribution in [2.45, 2.75) is 0 Å². The van der Waals surface area contributed by atoms with Gasteiger partial charge >= 0.3 is 0 Å². The first-order valence-electron chi connectivity index (χ1n) is 14.9. The molecule has 0 saturated heterocycles. The number of benzene rings is 6. The predicted molar refractivity (Wildman–Crippen MR) is 188 cm³/mol. The third-order valence-corrected chi connectivity index (χ3v) is 9.04. The highest BCUT2D eigenvalue weighted by Crippen LogP contribution is 2.38. The van der Waals surface area contributed by atoms with E-state index < -0.39 is 0 Å². The summed E-state index contributed by atoms with van der Waals surface area (Å²) in [5.41, 5.74) is 11.6. The van der Waals surface area contributed by atoms with E-state index in [4.69, 9.17) is 15.0 Å². The van der Waals surface area contributed by atoms with Crippen molar-refractivity contribution in [3.05, 3.63) is 164 Å². The van der Waals surface area contributed by atoms with E-state index in [-0.39, 0.29) is 0 Å². The normalized spacial score (nSPS) is 11.1. The second-order valence-corrected chi connectivity index (χ2v) is 11.9. The van der Waals surface area contributed by atoms with Gasteiger partial charge in [-0.15, -0.1) is 11.3 Å². The minimum absolute atomic E-state index is 0.700. The number of thiazole rings is 1. The first kappa shape index (κ1) is 26.9. The molecule has 0 aliphatic heterocycles. The van der Waals surface area contributed by atoms with Crippen LogP contribution in [0.2, 0.25) is 0 Å². The third kappa shape index (κ3) is 5.44. The predicted octanol–water partition coefficient (Wildman–Crippen LogP) is 11.1. The molecule has 0 fully saturated rings. The van der Waals surface area contributed by atoms with Crippen LogP contribution < -0.4 is 0 Å². The summed E-state index contributed by atoms with van der Waals surface area (Å²) in [6.07, 6.45) is 0. The van der Waals surface area contributed by atoms with E-state index in [1.54, 1.807) is 11.3 Å². The van der Waals surface area contributed by atoms with Crippen LogP contribution in [0.3, 0.4) is 0 Å². The Hall–Kier alpha value is -5.71. The Balaban J connectivity index is 1.24. The van der Waals surface area contributed by atoms with E-state index in [0.29, 0.717) is 5.82 Å². The van der Waals surface area contributed by atoms with Gasteiger partial charge in [0.25, 0.3) is 0 Å². The summed E-state index contributed by atoms with van der Waals surface area (Å²) in [7, 11) is 0. The van der Waals surface area contributed by atoms with Gasteiger partial charge in [0.2, 0.25) is 0 Å². The summed E-state index contributed by atoms with van der Waals surface area (Å²) in [5, 5.41) is 1.03. The molecule has 0 aliphatic rings. The van der Waals surface area contributed by atoms with E-state index in [0.717, 1.165) is 65.6 Å². The molecule has 0 amide bonds. The lowest BCUT2D eigenvalue weighted by Crippen LogP contribution is -1.97. The molecule has 0 bridgehead atoms. The van der Waals surface area contributed by atoms with Crippen molar-refractivity contribution in [2.75, 3.05) is 0 Å². The summed E-state index contributed by atoms with van der Waals surface area (Å²) in [4.78, 5) is 15.1. The Morgan fingerprint density at radius 3 is 1.60 bits per heavy atom. The Morgan fingerprint density at radius 1 is 0.356 bits per heavy atom. The molecule has 0 spiro atoms. The van der Waals surface area contributed by atoms with Crippen molar-refractivity contribution in [3.63, 3.8) is 0 Å². The maximum atomic E-state index is 5.17. The van der Waals surface area contributed by atoms with Gasteiger partial charge in [-0.25, -0.2) is 15.0 Å². The largest absolute Gasteiger partial charge is 0.236 e. The number of fused-ring (bicyclic) bond motifs is 1. The number of hydrogen-bond donors (Lipinski definition) is 0. The average Bonchev–Trinajstić information content (AvgIpc) is 3.56. The smallest absolute Gasteiger partial charge is 0.160 e. The lowest BCUT2D eigenvalue weighted by molar-refractivity contribution is 1.18. The molecule has 6 aromatic carbocycles. The SMILES string of the molecule is c1ccc(-c2ccc(-c3nc(-c4ccccc4)cc(-c4ccccc4-c4ccc5nc(-c6ccccc6)sc5c4)n3)cc2)cc1. The van der Waals surface area contributed by atoms with Crippen LogP contribution in [0.15, 0.2) is 164 Å². The van der Waals surface area contributed by atoms with Crippen LogP contribution in [-0.2, 0) is 0 Å². The molecule has 0 radical (unpaired) electrons. The Bertz CT molecular complexity index is 2240. The lowest BCUT2D eigenvalue weighted by Gasteiger charge is -2.13. The molecule has 8 aromatic rings. The van der Waals surface area contributed by atoms with Crippen LogP contribution in [0.4, 0.5) is 0 Å². The van der Waals surface area contributed by atoms with Gasteiger partial charge in [0.1, 0.15) is 5.01 Å². The van der Waals surface area contributed by atoms with Crippen LogP contribution >= 0.6 is 11.3 Å². The molecule has 4 heteroatoms. The molecule has 0 atom stereocenters. The van der Waals surface area contributed by atoms with E-state index in [1.165, 1.54) is 5.56 Å². The molecule has 2 aromatic heterocycles. The van der Waals surface area contributed by atoms with E-state index in [9.17, 15) is 0 Å². The van der Waals surface area contributed by atoms with Crippen LogP contribution in [-0.4, -0.2) is 15.0 Å². The fourth-order valence-electron chi connectivity index (χ4n) is 5.67. The highest BCUT2D eigenvalue weighted by Gasteiger charge is 2.15. The van der Waals surface area contributed by atoms with Gasteiger partial charge < -0.3 is 0 Å². The molecular weight excluding hydrogens is 567 g/mol. The number of nitrogens with zero attached hydrogens (tertiary/aromatic N) is 3. The van der Waals surface area contributed by atoms with Gasteiger partial charge in [-0.2, -0.15) is 0 Å². The van der Waals surface area contributed by atoms with Crippen LogP contribution in [0, 0.1) is 0 Å². The van der Waals surface area contributed by atoms with Crippen molar-refractivity contribution in [3.8, 4) is 66.7 Å². The molecule has 2 heterocycles. The zero-order valence-electron chi connectivity index (χ0n) is 24.3. The molecule has 0 N–H and O–H groups in total. The summed E-state index contributed by atoms with van der Waals surface area (Å²) < 4.78 is 1.16. The summed E-state index contributed by atoms with van der Waals surface area (Å²) >= 11 is 1.72. The molecule has 8 rings (SSSR count). The van der Waals surface area contributed by atoms with Crippen LogP contribution in [0.5, 0.6) is 0 Å². The van der Waals surface area contributed by atoms with Gasteiger partial charge in [0.05, 0.1) is 21.6 Å². The first-order valence-corrected chi connectivity index (χ1v) is 15.8. The van der Waals surface area contributed by atoms with E-state index in [1.807, 2.05) is 30.3 Å². The highest BCUT2D eigenvalue weighted by atomic mass is 32.1. The maximum absolute atomic E-state index is 5.17. The van der Waals surface area contributed by atoms with Crippen molar-refractivity contribution < 1.29 is 0 Å². The van der Waals surface area contributed by atoms with Gasteiger partial charge in [0, 0.05) is 22.3 Å². The Kier molecular flexibility index (Phi) is 7.02. The average molecular weight is 594 g/mol. The van der Waals surface area contributed by atoms with Crippen molar-refractivity contribution >= 4 is 21.6 Å². The summed E-state index contributed by atoms with van der Waals surface area (Å²) in [5.74, 6) is 0.700. The first-order chi connectivity index (χ1) is 22.3. The lowest BCUT2D eigenvalue weighted by atomic mass is 9.96. The molecule has 0 unspecified atom stereocenters. The minimum Gasteiger partial charge on any atom is -0.236 e. The van der Waals surface area contributed by atoms with Gasteiger partial charge in [0.15, 0.2) is 5.82 Å².